The molecule has 0 aliphatic carbocycles. The van der Waals surface area contributed by atoms with Crippen LogP contribution in [0.4, 0.5) is 0 Å². The molecule has 5 heteroatoms. The maximum Gasteiger partial charge on any atom is 0.488 e. The Morgan fingerprint density at radius 2 is 1.67 bits per heavy atom. The minimum absolute atomic E-state index is 0.411. The van der Waals surface area contributed by atoms with Crippen LogP contribution in [0.5, 0.6) is 5.75 Å². The van der Waals surface area contributed by atoms with E-state index in [0.29, 0.717) is 16.6 Å². The van der Waals surface area contributed by atoms with Crippen LogP contribution in [0.2, 0.25) is 0 Å². The third-order valence-electron chi connectivity index (χ3n) is 3.00. The van der Waals surface area contributed by atoms with Crippen molar-refractivity contribution in [2.75, 3.05) is 7.11 Å². The van der Waals surface area contributed by atoms with Gasteiger partial charge in [0.25, 0.3) is 0 Å². The quantitative estimate of drug-likeness (QED) is 0.664. The lowest BCUT2D eigenvalue weighted by Gasteiger charge is -1.98. The van der Waals surface area contributed by atoms with Gasteiger partial charge in [-0.1, -0.05) is 12.1 Å². The highest BCUT2D eigenvalue weighted by atomic mass is 16.5. The normalized spacial score (nSPS) is 11.1. The maximum atomic E-state index is 9.13. The van der Waals surface area contributed by atoms with E-state index in [4.69, 9.17) is 19.2 Å². The number of ether oxygens (including phenoxy) is 1. The van der Waals surface area contributed by atoms with Crippen molar-refractivity contribution < 1.29 is 19.2 Å². The third kappa shape index (κ3) is 1.65. The number of rotatable bonds is 2. The molecule has 0 aliphatic heterocycles. The molecule has 2 aromatic carbocycles. The van der Waals surface area contributed by atoms with Crippen LogP contribution in [0.1, 0.15) is 0 Å². The summed E-state index contributed by atoms with van der Waals surface area (Å²) in [6, 6.07) is 10.7. The number of methoxy groups -OCH3 is 1. The van der Waals surface area contributed by atoms with Crippen molar-refractivity contribution in [2.45, 2.75) is 0 Å². The summed E-state index contributed by atoms with van der Waals surface area (Å²) in [6.07, 6.45) is 0. The lowest BCUT2D eigenvalue weighted by atomic mass is 9.80. The van der Waals surface area contributed by atoms with Gasteiger partial charge in [-0.05, 0) is 23.7 Å². The van der Waals surface area contributed by atoms with Crippen molar-refractivity contribution >= 4 is 34.5 Å². The summed E-state index contributed by atoms with van der Waals surface area (Å²) in [5.41, 5.74) is 1.76. The van der Waals surface area contributed by atoms with Crippen LogP contribution < -0.4 is 10.2 Å². The fraction of sp³-hybridized carbons (Fsp3) is 0.0769. The molecular weight excluding hydrogens is 231 g/mol. The number of benzene rings is 2. The first-order valence-electron chi connectivity index (χ1n) is 5.55. The Hall–Kier alpha value is -1.98. The number of furan rings is 1. The Morgan fingerprint density at radius 3 is 2.33 bits per heavy atom. The van der Waals surface area contributed by atoms with Gasteiger partial charge in [-0.15, -0.1) is 0 Å². The van der Waals surface area contributed by atoms with Crippen LogP contribution in [0.3, 0.4) is 0 Å². The molecule has 18 heavy (non-hydrogen) atoms. The Kier molecular flexibility index (Phi) is 2.50. The van der Waals surface area contributed by atoms with E-state index in [1.807, 2.05) is 24.3 Å². The van der Waals surface area contributed by atoms with Gasteiger partial charge in [-0.3, -0.25) is 0 Å². The largest absolute Gasteiger partial charge is 0.497 e. The SMILES string of the molecule is COc1ccc2c(c1)oc1cc(B(O)O)ccc12. The van der Waals surface area contributed by atoms with Gasteiger partial charge in [0.05, 0.1) is 7.11 Å². The van der Waals surface area contributed by atoms with Gasteiger partial charge in [0.1, 0.15) is 16.9 Å². The van der Waals surface area contributed by atoms with E-state index in [0.717, 1.165) is 16.5 Å². The molecule has 4 nitrogen and oxygen atoms in total. The summed E-state index contributed by atoms with van der Waals surface area (Å²) < 4.78 is 10.8. The first-order chi connectivity index (χ1) is 8.69. The van der Waals surface area contributed by atoms with Crippen LogP contribution in [0.25, 0.3) is 21.9 Å². The average molecular weight is 242 g/mol. The molecule has 0 saturated heterocycles. The molecule has 0 radical (unpaired) electrons. The number of hydrogen-bond acceptors (Lipinski definition) is 4. The molecule has 0 saturated carbocycles. The molecule has 0 fully saturated rings. The fourth-order valence-electron chi connectivity index (χ4n) is 2.06. The molecule has 0 spiro atoms. The predicted molar refractivity (Wildman–Crippen MR) is 70.1 cm³/mol. The van der Waals surface area contributed by atoms with Crippen LogP contribution in [-0.4, -0.2) is 24.3 Å². The van der Waals surface area contributed by atoms with E-state index < -0.39 is 7.12 Å². The molecule has 0 amide bonds. The zero-order valence-electron chi connectivity index (χ0n) is 9.75. The molecule has 2 N–H and O–H groups in total. The molecule has 3 aromatic rings. The molecule has 1 aromatic heterocycles. The maximum absolute atomic E-state index is 9.13. The molecule has 1 heterocycles. The first-order valence-corrected chi connectivity index (χ1v) is 5.55. The van der Waals surface area contributed by atoms with Crippen LogP contribution in [0.15, 0.2) is 40.8 Å². The average Bonchev–Trinajstić information content (AvgIpc) is 2.74. The molecule has 90 valence electrons. The van der Waals surface area contributed by atoms with Gasteiger partial charge in [0, 0.05) is 16.8 Å². The highest BCUT2D eigenvalue weighted by molar-refractivity contribution is 6.58. The van der Waals surface area contributed by atoms with Gasteiger partial charge >= 0.3 is 7.12 Å². The summed E-state index contributed by atoms with van der Waals surface area (Å²) in [4.78, 5) is 0. The van der Waals surface area contributed by atoms with Crippen molar-refractivity contribution in [3.63, 3.8) is 0 Å². The van der Waals surface area contributed by atoms with E-state index in [9.17, 15) is 0 Å². The predicted octanol–water partition coefficient (Wildman–Crippen LogP) is 1.27. The Labute approximate surface area is 104 Å². The first kappa shape index (κ1) is 11.1. The van der Waals surface area contributed by atoms with Crippen LogP contribution in [0, 0.1) is 0 Å². The summed E-state index contributed by atoms with van der Waals surface area (Å²) >= 11 is 0. The summed E-state index contributed by atoms with van der Waals surface area (Å²) in [6.45, 7) is 0. The molecule has 3 rings (SSSR count). The van der Waals surface area contributed by atoms with Crippen LogP contribution >= 0.6 is 0 Å². The second kappa shape index (κ2) is 4.05. The Balaban J connectivity index is 2.28. The lowest BCUT2D eigenvalue weighted by Crippen LogP contribution is -2.29. The van der Waals surface area contributed by atoms with Crippen molar-refractivity contribution in [2.24, 2.45) is 0 Å². The van der Waals surface area contributed by atoms with E-state index in [1.54, 1.807) is 19.2 Å². The second-order valence-corrected chi connectivity index (χ2v) is 4.09. The highest BCUT2D eigenvalue weighted by Crippen LogP contribution is 2.30. The lowest BCUT2D eigenvalue weighted by molar-refractivity contribution is 0.414. The van der Waals surface area contributed by atoms with Crippen molar-refractivity contribution in [1.29, 1.82) is 0 Å². The third-order valence-corrected chi connectivity index (χ3v) is 3.00. The second-order valence-electron chi connectivity index (χ2n) is 4.09. The fourth-order valence-corrected chi connectivity index (χ4v) is 2.06. The molecule has 0 bridgehead atoms. The van der Waals surface area contributed by atoms with Gasteiger partial charge in [-0.25, -0.2) is 0 Å². The monoisotopic (exact) mass is 242 g/mol. The minimum atomic E-state index is -1.49. The van der Waals surface area contributed by atoms with E-state index in [2.05, 4.69) is 0 Å². The van der Waals surface area contributed by atoms with E-state index >= 15 is 0 Å². The Bertz CT molecular complexity index is 717. The molecule has 0 atom stereocenters. The zero-order chi connectivity index (χ0) is 12.7. The summed E-state index contributed by atoms with van der Waals surface area (Å²) in [5.74, 6) is 0.726. The number of hydrogen-bond donors (Lipinski definition) is 2. The van der Waals surface area contributed by atoms with Gasteiger partial charge in [0.2, 0.25) is 0 Å². The Morgan fingerprint density at radius 1 is 1.00 bits per heavy atom. The van der Waals surface area contributed by atoms with E-state index in [1.165, 1.54) is 0 Å². The van der Waals surface area contributed by atoms with Gasteiger partial charge < -0.3 is 19.2 Å². The minimum Gasteiger partial charge on any atom is -0.497 e. The van der Waals surface area contributed by atoms with Crippen molar-refractivity contribution in [3.05, 3.63) is 36.4 Å². The topological polar surface area (TPSA) is 62.8 Å². The van der Waals surface area contributed by atoms with Crippen LogP contribution in [-0.2, 0) is 0 Å². The standard InChI is InChI=1S/C13H11BO4/c1-17-9-3-5-11-10-4-2-8(14(15)16)6-12(10)18-13(11)7-9/h2-7,15-16H,1H3. The summed E-state index contributed by atoms with van der Waals surface area (Å²) in [5, 5.41) is 20.2. The number of fused-ring (bicyclic) bond motifs is 3. The smallest absolute Gasteiger partial charge is 0.488 e. The highest BCUT2D eigenvalue weighted by Gasteiger charge is 2.14. The molecule has 0 unspecified atom stereocenters. The summed E-state index contributed by atoms with van der Waals surface area (Å²) in [7, 11) is 0.112. The van der Waals surface area contributed by atoms with Crippen molar-refractivity contribution in [3.8, 4) is 5.75 Å². The molecular formula is C13H11BO4. The van der Waals surface area contributed by atoms with E-state index in [-0.39, 0.29) is 0 Å². The zero-order valence-corrected chi connectivity index (χ0v) is 9.75. The van der Waals surface area contributed by atoms with Crippen molar-refractivity contribution in [1.82, 2.24) is 0 Å². The molecule has 0 aliphatic rings. The van der Waals surface area contributed by atoms with Gasteiger partial charge in [0.15, 0.2) is 0 Å². The van der Waals surface area contributed by atoms with Gasteiger partial charge in [-0.2, -0.15) is 0 Å².